The predicted molar refractivity (Wildman–Crippen MR) is 71.6 cm³/mol. The largest absolute Gasteiger partial charge is 0.339 e. The molecule has 1 fully saturated rings. The summed E-state index contributed by atoms with van der Waals surface area (Å²) in [7, 11) is 0. The molecule has 17 heavy (non-hydrogen) atoms. The highest BCUT2D eigenvalue weighted by Gasteiger charge is 2.30. The molecule has 0 spiro atoms. The van der Waals surface area contributed by atoms with E-state index >= 15 is 0 Å². The Morgan fingerprint density at radius 2 is 1.94 bits per heavy atom. The molecule has 3 heteroatoms. The first-order chi connectivity index (χ1) is 7.93. The molecule has 0 aromatic heterocycles. The Balaban J connectivity index is 2.67. The Hall–Kier alpha value is -0.570. The van der Waals surface area contributed by atoms with E-state index in [4.69, 9.17) is 5.73 Å². The van der Waals surface area contributed by atoms with Gasteiger partial charge in [-0.2, -0.15) is 0 Å². The van der Waals surface area contributed by atoms with Crippen molar-refractivity contribution in [1.82, 2.24) is 4.90 Å². The van der Waals surface area contributed by atoms with E-state index in [0.29, 0.717) is 12.0 Å². The van der Waals surface area contributed by atoms with Crippen molar-refractivity contribution in [2.45, 2.75) is 65.5 Å². The highest BCUT2D eigenvalue weighted by molar-refractivity contribution is 5.79. The van der Waals surface area contributed by atoms with Crippen molar-refractivity contribution < 1.29 is 4.79 Å². The predicted octanol–water partition coefficient (Wildman–Crippen LogP) is 2.40. The molecular formula is C14H28N2O. The van der Waals surface area contributed by atoms with E-state index in [-0.39, 0.29) is 17.9 Å². The van der Waals surface area contributed by atoms with Crippen molar-refractivity contribution in [1.29, 1.82) is 0 Å². The van der Waals surface area contributed by atoms with Crippen LogP contribution in [0, 0.1) is 11.8 Å². The fourth-order valence-electron chi connectivity index (χ4n) is 2.57. The zero-order valence-electron chi connectivity index (χ0n) is 11.8. The maximum atomic E-state index is 12.4. The lowest BCUT2D eigenvalue weighted by atomic mass is 9.92. The third kappa shape index (κ3) is 3.98. The van der Waals surface area contributed by atoms with Gasteiger partial charge >= 0.3 is 0 Å². The van der Waals surface area contributed by atoms with Crippen molar-refractivity contribution in [2.75, 3.05) is 6.54 Å². The number of nitrogens with two attached hydrogens (primary N) is 1. The lowest BCUT2D eigenvalue weighted by Crippen LogP contribution is -2.49. The average Bonchev–Trinajstić information content (AvgIpc) is 2.27. The normalized spacial score (nSPS) is 24.8. The molecule has 3 nitrogen and oxygen atoms in total. The van der Waals surface area contributed by atoms with Gasteiger partial charge in [-0.25, -0.2) is 0 Å². The maximum Gasteiger partial charge on any atom is 0.227 e. The monoisotopic (exact) mass is 240 g/mol. The highest BCUT2D eigenvalue weighted by atomic mass is 16.2. The zero-order valence-corrected chi connectivity index (χ0v) is 11.8. The van der Waals surface area contributed by atoms with Crippen molar-refractivity contribution >= 4 is 5.91 Å². The number of likely N-dealkylation sites (tertiary alicyclic amines) is 1. The van der Waals surface area contributed by atoms with Crippen LogP contribution in [0.4, 0.5) is 0 Å². The van der Waals surface area contributed by atoms with Crippen molar-refractivity contribution in [3.05, 3.63) is 0 Å². The van der Waals surface area contributed by atoms with E-state index < -0.39 is 0 Å². The number of hydrogen-bond donors (Lipinski definition) is 1. The molecule has 1 rings (SSSR count). The van der Waals surface area contributed by atoms with Gasteiger partial charge in [-0.15, -0.1) is 0 Å². The Bertz CT molecular complexity index is 251. The first kappa shape index (κ1) is 14.5. The number of piperidine rings is 1. The average molecular weight is 240 g/mol. The molecule has 0 aliphatic carbocycles. The van der Waals surface area contributed by atoms with Gasteiger partial charge in [0.2, 0.25) is 5.91 Å². The van der Waals surface area contributed by atoms with Crippen LogP contribution in [-0.4, -0.2) is 29.4 Å². The van der Waals surface area contributed by atoms with E-state index in [1.807, 2.05) is 13.8 Å². The summed E-state index contributed by atoms with van der Waals surface area (Å²) in [5.41, 5.74) is 5.84. The minimum absolute atomic E-state index is 0.0517. The van der Waals surface area contributed by atoms with Crippen LogP contribution in [0.25, 0.3) is 0 Å². The summed E-state index contributed by atoms with van der Waals surface area (Å²) in [5, 5.41) is 0. The van der Waals surface area contributed by atoms with Crippen LogP contribution in [-0.2, 0) is 4.79 Å². The summed E-state index contributed by atoms with van der Waals surface area (Å²) in [4.78, 5) is 14.5. The second-order valence-corrected chi connectivity index (χ2v) is 5.96. The second kappa shape index (κ2) is 6.39. The first-order valence-corrected chi connectivity index (χ1v) is 6.99. The van der Waals surface area contributed by atoms with Gasteiger partial charge in [0.05, 0.1) is 5.92 Å². The van der Waals surface area contributed by atoms with Gasteiger partial charge in [-0.1, -0.05) is 20.8 Å². The SMILES string of the molecule is CC(C)CC1CCCCN1C(=O)C(C)C(C)N. The molecule has 0 aromatic carbocycles. The maximum absolute atomic E-state index is 12.4. The lowest BCUT2D eigenvalue weighted by molar-refractivity contribution is -0.139. The van der Waals surface area contributed by atoms with Crippen LogP contribution in [0.2, 0.25) is 0 Å². The molecule has 0 aromatic rings. The van der Waals surface area contributed by atoms with E-state index in [1.165, 1.54) is 6.42 Å². The Morgan fingerprint density at radius 3 is 2.47 bits per heavy atom. The molecule has 0 saturated carbocycles. The number of amides is 1. The molecule has 100 valence electrons. The Morgan fingerprint density at radius 1 is 1.29 bits per heavy atom. The number of nitrogens with zero attached hydrogens (tertiary/aromatic N) is 1. The van der Waals surface area contributed by atoms with Crippen LogP contribution < -0.4 is 5.73 Å². The second-order valence-electron chi connectivity index (χ2n) is 5.96. The fraction of sp³-hybridized carbons (Fsp3) is 0.929. The van der Waals surface area contributed by atoms with Gasteiger partial charge in [0.25, 0.3) is 0 Å². The topological polar surface area (TPSA) is 46.3 Å². The highest BCUT2D eigenvalue weighted by Crippen LogP contribution is 2.24. The van der Waals surface area contributed by atoms with Crippen LogP contribution >= 0.6 is 0 Å². The summed E-state index contributed by atoms with van der Waals surface area (Å²) < 4.78 is 0. The van der Waals surface area contributed by atoms with Crippen LogP contribution in [0.5, 0.6) is 0 Å². The number of hydrogen-bond acceptors (Lipinski definition) is 2. The van der Waals surface area contributed by atoms with Gasteiger partial charge in [0.1, 0.15) is 0 Å². The van der Waals surface area contributed by atoms with Crippen molar-refractivity contribution in [2.24, 2.45) is 17.6 Å². The smallest absolute Gasteiger partial charge is 0.227 e. The molecule has 1 aliphatic rings. The van der Waals surface area contributed by atoms with E-state index in [1.54, 1.807) is 0 Å². The van der Waals surface area contributed by atoms with Gasteiger partial charge in [-0.05, 0) is 38.5 Å². The first-order valence-electron chi connectivity index (χ1n) is 6.99. The molecule has 2 N–H and O–H groups in total. The molecule has 1 saturated heterocycles. The zero-order chi connectivity index (χ0) is 13.0. The summed E-state index contributed by atoms with van der Waals surface area (Å²) in [6, 6.07) is 0.390. The summed E-state index contributed by atoms with van der Waals surface area (Å²) in [5.74, 6) is 0.854. The van der Waals surface area contributed by atoms with Crippen molar-refractivity contribution in [3.8, 4) is 0 Å². The van der Waals surface area contributed by atoms with E-state index in [0.717, 1.165) is 25.8 Å². The molecule has 3 atom stereocenters. The minimum Gasteiger partial charge on any atom is -0.339 e. The third-order valence-electron chi connectivity index (χ3n) is 3.83. The quantitative estimate of drug-likeness (QED) is 0.820. The number of carbonyl (C=O) groups is 1. The standard InChI is InChI=1S/C14H28N2O/c1-10(2)9-13-7-5-6-8-16(13)14(17)11(3)12(4)15/h10-13H,5-9,15H2,1-4H3. The molecule has 1 aliphatic heterocycles. The van der Waals surface area contributed by atoms with E-state index in [2.05, 4.69) is 18.7 Å². The number of carbonyl (C=O) groups excluding carboxylic acids is 1. The van der Waals surface area contributed by atoms with Crippen LogP contribution in [0.3, 0.4) is 0 Å². The molecule has 0 radical (unpaired) electrons. The Kier molecular flexibility index (Phi) is 5.44. The third-order valence-corrected chi connectivity index (χ3v) is 3.83. The Labute approximate surface area is 106 Å². The summed E-state index contributed by atoms with van der Waals surface area (Å²) in [6.07, 6.45) is 4.69. The lowest BCUT2D eigenvalue weighted by Gasteiger charge is -2.38. The fourth-order valence-corrected chi connectivity index (χ4v) is 2.57. The molecule has 0 bridgehead atoms. The molecule has 1 heterocycles. The van der Waals surface area contributed by atoms with E-state index in [9.17, 15) is 4.79 Å². The van der Waals surface area contributed by atoms with Crippen LogP contribution in [0.1, 0.15) is 53.4 Å². The summed E-state index contributed by atoms with van der Waals surface area (Å²) in [6.45, 7) is 9.25. The van der Waals surface area contributed by atoms with Gasteiger partial charge in [-0.3, -0.25) is 4.79 Å². The van der Waals surface area contributed by atoms with Gasteiger partial charge in [0, 0.05) is 18.6 Å². The number of rotatable bonds is 4. The molecule has 1 amide bonds. The van der Waals surface area contributed by atoms with Crippen LogP contribution in [0.15, 0.2) is 0 Å². The van der Waals surface area contributed by atoms with Gasteiger partial charge < -0.3 is 10.6 Å². The molecular weight excluding hydrogens is 212 g/mol. The van der Waals surface area contributed by atoms with Gasteiger partial charge in [0.15, 0.2) is 0 Å². The van der Waals surface area contributed by atoms with Crippen molar-refractivity contribution in [3.63, 3.8) is 0 Å². The summed E-state index contributed by atoms with van der Waals surface area (Å²) >= 11 is 0. The molecule has 3 unspecified atom stereocenters. The minimum atomic E-state index is -0.0530.